The molecule has 0 unspecified atom stereocenters. The standard InChI is InChI=1S/C14H15F3N2O2/c1-2-3-4-13(20)19-8-11(9-19)21-12-6-5-10(7-18-12)14(15,16)17/h2,5-7,11H,1,3-4,8-9H2. The molecule has 7 heteroatoms. The molecule has 1 aliphatic heterocycles. The highest BCUT2D eigenvalue weighted by atomic mass is 19.4. The van der Waals surface area contributed by atoms with E-state index in [1.54, 1.807) is 11.0 Å². The molecular formula is C14H15F3N2O2. The van der Waals surface area contributed by atoms with E-state index in [9.17, 15) is 18.0 Å². The Labute approximate surface area is 120 Å². The Balaban J connectivity index is 1.80. The van der Waals surface area contributed by atoms with E-state index in [-0.39, 0.29) is 17.9 Å². The quantitative estimate of drug-likeness (QED) is 0.785. The molecule has 0 aliphatic carbocycles. The molecule has 0 radical (unpaired) electrons. The second-order valence-electron chi connectivity index (χ2n) is 4.75. The van der Waals surface area contributed by atoms with Gasteiger partial charge in [0.25, 0.3) is 0 Å². The number of hydrogen-bond acceptors (Lipinski definition) is 3. The van der Waals surface area contributed by atoms with Crippen LogP contribution in [0.5, 0.6) is 5.88 Å². The van der Waals surface area contributed by atoms with Crippen molar-refractivity contribution >= 4 is 5.91 Å². The van der Waals surface area contributed by atoms with E-state index in [1.165, 1.54) is 6.07 Å². The molecule has 1 aliphatic rings. The van der Waals surface area contributed by atoms with Crippen molar-refractivity contribution in [1.82, 2.24) is 9.88 Å². The SMILES string of the molecule is C=CCCC(=O)N1CC(Oc2ccc(C(F)(F)F)cn2)C1. The number of carbonyl (C=O) groups excluding carboxylic acids is 1. The van der Waals surface area contributed by atoms with E-state index in [0.29, 0.717) is 25.9 Å². The maximum absolute atomic E-state index is 12.4. The van der Waals surface area contributed by atoms with Crippen LogP contribution in [0.25, 0.3) is 0 Å². The Kier molecular flexibility index (Phi) is 4.50. The molecule has 0 spiro atoms. The summed E-state index contributed by atoms with van der Waals surface area (Å²) >= 11 is 0. The predicted octanol–water partition coefficient (Wildman–Crippen LogP) is 2.66. The molecule has 1 saturated heterocycles. The average molecular weight is 300 g/mol. The summed E-state index contributed by atoms with van der Waals surface area (Å²) in [5.74, 6) is 0.154. The highest BCUT2D eigenvalue weighted by molar-refractivity contribution is 5.77. The van der Waals surface area contributed by atoms with Crippen LogP contribution in [0.3, 0.4) is 0 Å². The Hall–Kier alpha value is -2.05. The minimum atomic E-state index is -4.41. The highest BCUT2D eigenvalue weighted by Crippen LogP contribution is 2.29. The number of likely N-dealkylation sites (tertiary alicyclic amines) is 1. The first kappa shape index (κ1) is 15.3. The maximum Gasteiger partial charge on any atom is 0.417 e. The zero-order valence-corrected chi connectivity index (χ0v) is 11.3. The van der Waals surface area contributed by atoms with Crippen LogP contribution in [-0.2, 0) is 11.0 Å². The molecular weight excluding hydrogens is 285 g/mol. The first-order valence-electron chi connectivity index (χ1n) is 6.48. The molecule has 2 heterocycles. The molecule has 114 valence electrons. The zero-order chi connectivity index (χ0) is 15.5. The molecule has 0 aromatic carbocycles. The van der Waals surface area contributed by atoms with Crippen molar-refractivity contribution in [2.24, 2.45) is 0 Å². The van der Waals surface area contributed by atoms with Crippen LogP contribution in [0.15, 0.2) is 31.0 Å². The Morgan fingerprint density at radius 2 is 2.19 bits per heavy atom. The smallest absolute Gasteiger partial charge is 0.417 e. The van der Waals surface area contributed by atoms with Crippen molar-refractivity contribution in [2.75, 3.05) is 13.1 Å². The summed E-state index contributed by atoms with van der Waals surface area (Å²) in [4.78, 5) is 16.9. The molecule has 21 heavy (non-hydrogen) atoms. The summed E-state index contributed by atoms with van der Waals surface area (Å²) in [6, 6.07) is 2.11. The fraction of sp³-hybridized carbons (Fsp3) is 0.429. The van der Waals surface area contributed by atoms with Crippen molar-refractivity contribution < 1.29 is 22.7 Å². The van der Waals surface area contributed by atoms with Gasteiger partial charge >= 0.3 is 6.18 Å². The summed E-state index contributed by atoms with van der Waals surface area (Å²) in [6.07, 6.45) is -1.17. The van der Waals surface area contributed by atoms with Crippen LogP contribution in [0.2, 0.25) is 0 Å². The van der Waals surface area contributed by atoms with Gasteiger partial charge < -0.3 is 9.64 Å². The van der Waals surface area contributed by atoms with E-state index in [4.69, 9.17) is 4.74 Å². The second kappa shape index (κ2) is 6.15. The number of ether oxygens (including phenoxy) is 1. The van der Waals surface area contributed by atoms with Crippen LogP contribution >= 0.6 is 0 Å². The van der Waals surface area contributed by atoms with E-state index in [0.717, 1.165) is 12.3 Å². The van der Waals surface area contributed by atoms with Gasteiger partial charge in [-0.1, -0.05) is 6.08 Å². The Bertz CT molecular complexity index is 508. The molecule has 0 atom stereocenters. The van der Waals surface area contributed by atoms with Gasteiger partial charge in [0.15, 0.2) is 0 Å². The number of carbonyl (C=O) groups is 1. The van der Waals surface area contributed by atoms with E-state index < -0.39 is 11.7 Å². The van der Waals surface area contributed by atoms with E-state index in [1.807, 2.05) is 0 Å². The number of rotatable bonds is 5. The first-order valence-corrected chi connectivity index (χ1v) is 6.48. The topological polar surface area (TPSA) is 42.4 Å². The minimum Gasteiger partial charge on any atom is -0.471 e. The Morgan fingerprint density at radius 1 is 1.48 bits per heavy atom. The van der Waals surface area contributed by atoms with Gasteiger partial charge in [-0.05, 0) is 12.5 Å². The number of pyridine rings is 1. The first-order chi connectivity index (χ1) is 9.90. The molecule has 0 N–H and O–H groups in total. The lowest BCUT2D eigenvalue weighted by molar-refractivity contribution is -0.140. The normalized spacial score (nSPS) is 15.5. The third-order valence-electron chi connectivity index (χ3n) is 3.11. The molecule has 1 fully saturated rings. The number of allylic oxidation sites excluding steroid dienone is 1. The average Bonchev–Trinajstić information content (AvgIpc) is 2.39. The van der Waals surface area contributed by atoms with E-state index >= 15 is 0 Å². The number of halogens is 3. The van der Waals surface area contributed by atoms with E-state index in [2.05, 4.69) is 11.6 Å². The fourth-order valence-corrected chi connectivity index (χ4v) is 1.89. The molecule has 1 aromatic rings. The van der Waals surface area contributed by atoms with Gasteiger partial charge in [-0.3, -0.25) is 4.79 Å². The molecule has 1 amide bonds. The fourth-order valence-electron chi connectivity index (χ4n) is 1.89. The lowest BCUT2D eigenvalue weighted by atomic mass is 10.1. The third-order valence-corrected chi connectivity index (χ3v) is 3.11. The predicted molar refractivity (Wildman–Crippen MR) is 69.7 cm³/mol. The molecule has 0 saturated carbocycles. The van der Waals surface area contributed by atoms with Crippen LogP contribution in [-0.4, -0.2) is 35.0 Å². The number of alkyl halides is 3. The number of amides is 1. The monoisotopic (exact) mass is 300 g/mol. The summed E-state index contributed by atoms with van der Waals surface area (Å²) < 4.78 is 42.5. The van der Waals surface area contributed by atoms with Crippen molar-refractivity contribution in [1.29, 1.82) is 0 Å². The summed E-state index contributed by atoms with van der Waals surface area (Å²) in [5, 5.41) is 0. The maximum atomic E-state index is 12.4. The second-order valence-corrected chi connectivity index (χ2v) is 4.75. The zero-order valence-electron chi connectivity index (χ0n) is 11.3. The van der Waals surface area contributed by atoms with Gasteiger partial charge in [-0.25, -0.2) is 4.98 Å². The number of nitrogens with zero attached hydrogens (tertiary/aromatic N) is 2. The van der Waals surface area contributed by atoms with Crippen LogP contribution in [0.4, 0.5) is 13.2 Å². The van der Waals surface area contributed by atoms with Gasteiger partial charge in [0.05, 0.1) is 18.7 Å². The van der Waals surface area contributed by atoms with Crippen molar-refractivity contribution in [2.45, 2.75) is 25.1 Å². The molecule has 4 nitrogen and oxygen atoms in total. The lowest BCUT2D eigenvalue weighted by Gasteiger charge is -2.38. The van der Waals surface area contributed by atoms with Crippen molar-refractivity contribution in [3.05, 3.63) is 36.5 Å². The van der Waals surface area contributed by atoms with Gasteiger partial charge in [0, 0.05) is 18.7 Å². The molecule has 2 rings (SSSR count). The van der Waals surface area contributed by atoms with Crippen LogP contribution in [0.1, 0.15) is 18.4 Å². The van der Waals surface area contributed by atoms with Crippen LogP contribution < -0.4 is 4.74 Å². The van der Waals surface area contributed by atoms with Gasteiger partial charge in [0.2, 0.25) is 11.8 Å². The summed E-state index contributed by atoms with van der Waals surface area (Å²) in [7, 11) is 0. The summed E-state index contributed by atoms with van der Waals surface area (Å²) in [5.41, 5.74) is -0.815. The third kappa shape index (κ3) is 3.96. The molecule has 0 bridgehead atoms. The minimum absolute atomic E-state index is 0.0233. The number of aromatic nitrogens is 1. The largest absolute Gasteiger partial charge is 0.471 e. The Morgan fingerprint density at radius 3 is 2.71 bits per heavy atom. The highest BCUT2D eigenvalue weighted by Gasteiger charge is 2.33. The van der Waals surface area contributed by atoms with Crippen LogP contribution in [0, 0.1) is 0 Å². The van der Waals surface area contributed by atoms with Gasteiger partial charge in [-0.15, -0.1) is 6.58 Å². The summed E-state index contributed by atoms with van der Waals surface area (Å²) in [6.45, 7) is 4.41. The number of hydrogen-bond donors (Lipinski definition) is 0. The molecule has 1 aromatic heterocycles. The van der Waals surface area contributed by atoms with Crippen molar-refractivity contribution in [3.8, 4) is 5.88 Å². The van der Waals surface area contributed by atoms with Gasteiger partial charge in [0.1, 0.15) is 6.10 Å². The lowest BCUT2D eigenvalue weighted by Crippen LogP contribution is -2.56. The van der Waals surface area contributed by atoms with Crippen molar-refractivity contribution in [3.63, 3.8) is 0 Å². The van der Waals surface area contributed by atoms with Gasteiger partial charge in [-0.2, -0.15) is 13.2 Å².